The number of allylic oxidation sites excluding steroid dienone is 20. The number of hydrogen-bond acceptors (Lipinski definition) is 6. The van der Waals surface area contributed by atoms with Crippen molar-refractivity contribution < 1.29 is 28.6 Å². The number of carbonyl (C=O) groups excluding carboxylic acids is 3. The molecule has 0 radical (unpaired) electrons. The second-order valence-corrected chi connectivity index (χ2v) is 15.1. The van der Waals surface area contributed by atoms with Crippen LogP contribution in [0.3, 0.4) is 0 Å². The van der Waals surface area contributed by atoms with Crippen molar-refractivity contribution in [3.05, 3.63) is 122 Å². The average Bonchev–Trinajstić information content (AvgIpc) is 3.24. The molecule has 0 aliphatic carbocycles. The Morgan fingerprint density at radius 2 is 0.683 bits per heavy atom. The predicted molar refractivity (Wildman–Crippen MR) is 256 cm³/mol. The molecule has 0 aromatic rings. The van der Waals surface area contributed by atoms with Gasteiger partial charge in [0, 0.05) is 19.3 Å². The molecule has 0 aliphatic rings. The molecule has 0 amide bonds. The van der Waals surface area contributed by atoms with Gasteiger partial charge in [-0.1, -0.05) is 200 Å². The molecular formula is C54H84O6. The number of unbranched alkanes of at least 4 members (excludes halogenated alkanes) is 15. The van der Waals surface area contributed by atoms with E-state index in [0.29, 0.717) is 19.3 Å². The first-order valence-electron chi connectivity index (χ1n) is 23.6. The van der Waals surface area contributed by atoms with E-state index >= 15 is 0 Å². The van der Waals surface area contributed by atoms with Crippen molar-refractivity contribution in [3.8, 4) is 0 Å². The summed E-state index contributed by atoms with van der Waals surface area (Å²) in [6, 6.07) is 0. The van der Waals surface area contributed by atoms with Crippen molar-refractivity contribution in [2.45, 2.75) is 187 Å². The van der Waals surface area contributed by atoms with Crippen LogP contribution in [-0.2, 0) is 28.6 Å². The fourth-order valence-electron chi connectivity index (χ4n) is 5.91. The standard InChI is InChI=1S/C54H84O6/c1-4-7-10-13-16-19-22-25-27-30-32-35-38-41-44-47-53(56)59-50-51(49-58-52(55)46-43-40-37-34-31-28-24-21-18-15-12-9-6-3)60-54(57)48-45-42-39-36-33-29-26-23-20-17-14-11-8-5-2/h7-13,15-22,24-25,27-28,31,51H,4-6,14,23,26,29-30,32-50H2,1-3H3/b10-7+,11-8+,12-9+,16-13+,18-15+,20-17+,22-19+,24-21+,27-25+,31-28+. The molecule has 0 heterocycles. The lowest BCUT2D eigenvalue weighted by atomic mass is 10.1. The average molecular weight is 829 g/mol. The minimum atomic E-state index is -0.811. The molecule has 6 heteroatoms. The van der Waals surface area contributed by atoms with E-state index in [1.807, 2.05) is 60.8 Å². The first-order valence-corrected chi connectivity index (χ1v) is 23.6. The van der Waals surface area contributed by atoms with E-state index in [1.165, 1.54) is 25.7 Å². The Bertz CT molecular complexity index is 1320. The van der Waals surface area contributed by atoms with E-state index in [9.17, 15) is 14.4 Å². The van der Waals surface area contributed by atoms with Gasteiger partial charge in [0.15, 0.2) is 6.10 Å². The molecule has 0 aromatic carbocycles. The van der Waals surface area contributed by atoms with Gasteiger partial charge in [0.2, 0.25) is 0 Å². The summed E-state index contributed by atoms with van der Waals surface area (Å²) in [5, 5.41) is 0. The van der Waals surface area contributed by atoms with Crippen LogP contribution in [-0.4, -0.2) is 37.2 Å². The zero-order chi connectivity index (χ0) is 43.7. The van der Waals surface area contributed by atoms with Gasteiger partial charge < -0.3 is 14.2 Å². The van der Waals surface area contributed by atoms with Crippen LogP contribution < -0.4 is 0 Å². The third-order valence-corrected chi connectivity index (χ3v) is 9.38. The van der Waals surface area contributed by atoms with Crippen LogP contribution >= 0.6 is 0 Å². The van der Waals surface area contributed by atoms with Crippen molar-refractivity contribution in [1.82, 2.24) is 0 Å². The van der Waals surface area contributed by atoms with Crippen LogP contribution in [0, 0.1) is 0 Å². The summed E-state index contributed by atoms with van der Waals surface area (Å²) in [6.07, 6.45) is 64.6. The lowest BCUT2D eigenvalue weighted by molar-refractivity contribution is -0.167. The van der Waals surface area contributed by atoms with Gasteiger partial charge in [-0.15, -0.1) is 0 Å². The molecule has 0 saturated heterocycles. The normalized spacial score (nSPS) is 13.2. The van der Waals surface area contributed by atoms with Crippen LogP contribution in [0.5, 0.6) is 0 Å². The van der Waals surface area contributed by atoms with E-state index in [4.69, 9.17) is 14.2 Å². The van der Waals surface area contributed by atoms with Gasteiger partial charge >= 0.3 is 17.9 Å². The largest absolute Gasteiger partial charge is 0.462 e. The predicted octanol–water partition coefficient (Wildman–Crippen LogP) is 15.4. The Morgan fingerprint density at radius 1 is 0.350 bits per heavy atom. The third-order valence-electron chi connectivity index (χ3n) is 9.38. The molecule has 0 fully saturated rings. The van der Waals surface area contributed by atoms with Crippen LogP contribution in [0.15, 0.2) is 122 Å². The number of rotatable bonds is 40. The van der Waals surface area contributed by atoms with Gasteiger partial charge in [-0.25, -0.2) is 0 Å². The second-order valence-electron chi connectivity index (χ2n) is 15.1. The molecule has 1 unspecified atom stereocenters. The Labute approximate surface area is 367 Å². The van der Waals surface area contributed by atoms with Crippen molar-refractivity contribution in [3.63, 3.8) is 0 Å². The first kappa shape index (κ1) is 55.8. The molecule has 1 atom stereocenters. The highest BCUT2D eigenvalue weighted by atomic mass is 16.6. The molecule has 336 valence electrons. The maximum absolute atomic E-state index is 12.8. The van der Waals surface area contributed by atoms with Gasteiger partial charge in [-0.3, -0.25) is 14.4 Å². The summed E-state index contributed by atoms with van der Waals surface area (Å²) < 4.78 is 16.7. The van der Waals surface area contributed by atoms with Gasteiger partial charge in [0.05, 0.1) is 0 Å². The lowest BCUT2D eigenvalue weighted by Crippen LogP contribution is -2.30. The Balaban J connectivity index is 4.53. The fraction of sp³-hybridized carbons (Fsp3) is 0.574. The minimum Gasteiger partial charge on any atom is -0.462 e. The number of esters is 3. The van der Waals surface area contributed by atoms with Crippen molar-refractivity contribution >= 4 is 17.9 Å². The highest BCUT2D eigenvalue weighted by Gasteiger charge is 2.19. The summed E-state index contributed by atoms with van der Waals surface area (Å²) >= 11 is 0. The smallest absolute Gasteiger partial charge is 0.306 e. The third kappa shape index (κ3) is 44.9. The molecule has 60 heavy (non-hydrogen) atoms. The van der Waals surface area contributed by atoms with Gasteiger partial charge in [0.25, 0.3) is 0 Å². The number of carbonyl (C=O) groups is 3. The molecule has 0 rings (SSSR count). The van der Waals surface area contributed by atoms with Crippen LogP contribution in [0.4, 0.5) is 0 Å². The molecular weight excluding hydrogens is 745 g/mol. The molecule has 6 nitrogen and oxygen atoms in total. The van der Waals surface area contributed by atoms with E-state index < -0.39 is 6.10 Å². The van der Waals surface area contributed by atoms with E-state index in [1.54, 1.807) is 0 Å². The van der Waals surface area contributed by atoms with E-state index in [-0.39, 0.29) is 31.1 Å². The lowest BCUT2D eigenvalue weighted by Gasteiger charge is -2.18. The van der Waals surface area contributed by atoms with Crippen molar-refractivity contribution in [2.24, 2.45) is 0 Å². The quantitative estimate of drug-likeness (QED) is 0.0201. The summed E-state index contributed by atoms with van der Waals surface area (Å²) in [7, 11) is 0. The van der Waals surface area contributed by atoms with Crippen molar-refractivity contribution in [1.29, 1.82) is 0 Å². The highest BCUT2D eigenvalue weighted by molar-refractivity contribution is 5.71. The Morgan fingerprint density at radius 3 is 1.13 bits per heavy atom. The number of hydrogen-bond donors (Lipinski definition) is 0. The second kappa shape index (κ2) is 47.5. The van der Waals surface area contributed by atoms with E-state index in [0.717, 1.165) is 116 Å². The Hall–Kier alpha value is -4.19. The maximum Gasteiger partial charge on any atom is 0.306 e. The molecule has 0 bridgehead atoms. The SMILES string of the molecule is CC/C=C/C=C/C=C/C=C/CCCCCCCC(=O)OCC(COC(=O)CCCCC/C=C/C=C/C=C/C=C/CC)OC(=O)CCCCCCCCC/C=C/C/C=C/CC. The summed E-state index contributed by atoms with van der Waals surface area (Å²) in [5.41, 5.74) is 0. The van der Waals surface area contributed by atoms with Crippen LogP contribution in [0.25, 0.3) is 0 Å². The van der Waals surface area contributed by atoms with Gasteiger partial charge in [0.1, 0.15) is 13.2 Å². The summed E-state index contributed by atoms with van der Waals surface area (Å²) in [4.78, 5) is 37.9. The minimum absolute atomic E-state index is 0.111. The maximum atomic E-state index is 12.8. The van der Waals surface area contributed by atoms with E-state index in [2.05, 4.69) is 81.5 Å². The monoisotopic (exact) mass is 829 g/mol. The van der Waals surface area contributed by atoms with Crippen LogP contribution in [0.2, 0.25) is 0 Å². The van der Waals surface area contributed by atoms with Gasteiger partial charge in [-0.2, -0.15) is 0 Å². The van der Waals surface area contributed by atoms with Crippen molar-refractivity contribution in [2.75, 3.05) is 13.2 Å². The summed E-state index contributed by atoms with van der Waals surface area (Å²) in [6.45, 7) is 6.16. The molecule has 0 aromatic heterocycles. The first-order chi connectivity index (χ1) is 29.5. The zero-order valence-corrected chi connectivity index (χ0v) is 38.2. The topological polar surface area (TPSA) is 78.9 Å². The molecule has 0 spiro atoms. The zero-order valence-electron chi connectivity index (χ0n) is 38.2. The van der Waals surface area contributed by atoms with Crippen LogP contribution in [0.1, 0.15) is 181 Å². The number of ether oxygens (including phenoxy) is 3. The molecule has 0 aliphatic heterocycles. The molecule has 0 saturated carbocycles. The summed E-state index contributed by atoms with van der Waals surface area (Å²) in [5.74, 6) is -0.992. The molecule has 0 N–H and O–H groups in total. The Kier molecular flexibility index (Phi) is 44.2. The van der Waals surface area contributed by atoms with Gasteiger partial charge in [-0.05, 0) is 83.5 Å². The fourth-order valence-corrected chi connectivity index (χ4v) is 5.91. The highest BCUT2D eigenvalue weighted by Crippen LogP contribution is 2.13.